The summed E-state index contributed by atoms with van der Waals surface area (Å²) in [6.45, 7) is 0.529. The van der Waals surface area contributed by atoms with E-state index in [9.17, 15) is 0 Å². The summed E-state index contributed by atoms with van der Waals surface area (Å²) < 4.78 is 5.27. The quantitative estimate of drug-likeness (QED) is 0.658. The molecule has 0 spiro atoms. The molecule has 0 saturated heterocycles. The molecule has 0 aliphatic rings. The molecule has 0 bridgehead atoms. The fourth-order valence-corrected chi connectivity index (χ4v) is 2.00. The van der Waals surface area contributed by atoms with Crippen molar-refractivity contribution >= 4 is 17.3 Å². The zero-order chi connectivity index (χ0) is 15.9. The van der Waals surface area contributed by atoms with Gasteiger partial charge >= 0.3 is 0 Å². The molecule has 2 rings (SSSR count). The van der Waals surface area contributed by atoms with E-state index in [4.69, 9.17) is 10.5 Å². The van der Waals surface area contributed by atoms with Crippen LogP contribution in [0.5, 0.6) is 5.75 Å². The summed E-state index contributed by atoms with van der Waals surface area (Å²) in [4.78, 5) is 6.41. The van der Waals surface area contributed by atoms with Gasteiger partial charge in [0, 0.05) is 19.8 Å². The van der Waals surface area contributed by atoms with Gasteiger partial charge in [0.15, 0.2) is 5.96 Å². The standard InChI is InChI=1S/C17H22N4O/c1-21(2)14-10-8-13(9-11-14)12-19-17(18)20-15-6-4-5-7-16(15)22-3/h4-11H,12H2,1-3H3,(H3,18,19,20). The lowest BCUT2D eigenvalue weighted by Gasteiger charge is -2.12. The van der Waals surface area contributed by atoms with Gasteiger partial charge in [-0.25, -0.2) is 4.99 Å². The number of guanidine groups is 1. The van der Waals surface area contributed by atoms with E-state index >= 15 is 0 Å². The first-order valence-electron chi connectivity index (χ1n) is 7.06. The zero-order valence-corrected chi connectivity index (χ0v) is 13.2. The Kier molecular flexibility index (Phi) is 5.25. The van der Waals surface area contributed by atoms with Gasteiger partial charge in [0.1, 0.15) is 5.75 Å². The highest BCUT2D eigenvalue weighted by Crippen LogP contribution is 2.22. The van der Waals surface area contributed by atoms with Crippen molar-refractivity contribution in [2.75, 3.05) is 31.4 Å². The van der Waals surface area contributed by atoms with Crippen LogP contribution in [0.2, 0.25) is 0 Å². The molecule has 0 amide bonds. The molecule has 3 N–H and O–H groups in total. The highest BCUT2D eigenvalue weighted by Gasteiger charge is 2.02. The van der Waals surface area contributed by atoms with Gasteiger partial charge in [-0.1, -0.05) is 24.3 Å². The molecule has 0 atom stereocenters. The van der Waals surface area contributed by atoms with Crippen LogP contribution in [0.1, 0.15) is 5.56 Å². The second kappa shape index (κ2) is 7.36. The molecule has 0 saturated carbocycles. The molecular formula is C17H22N4O. The molecule has 5 heteroatoms. The molecule has 0 aliphatic heterocycles. The number of anilines is 2. The zero-order valence-electron chi connectivity index (χ0n) is 13.2. The fraction of sp³-hybridized carbons (Fsp3) is 0.235. The summed E-state index contributed by atoms with van der Waals surface area (Å²) in [5, 5.41) is 3.06. The van der Waals surface area contributed by atoms with Gasteiger partial charge in [-0.15, -0.1) is 0 Å². The number of nitrogens with zero attached hydrogens (tertiary/aromatic N) is 2. The number of para-hydroxylation sites is 2. The van der Waals surface area contributed by atoms with Crippen molar-refractivity contribution in [3.63, 3.8) is 0 Å². The first kappa shape index (κ1) is 15.7. The summed E-state index contributed by atoms with van der Waals surface area (Å²) in [6, 6.07) is 15.8. The van der Waals surface area contributed by atoms with Crippen LogP contribution < -0.4 is 20.7 Å². The Morgan fingerprint density at radius 2 is 1.82 bits per heavy atom. The molecular weight excluding hydrogens is 276 g/mol. The molecule has 0 heterocycles. The predicted molar refractivity (Wildman–Crippen MR) is 92.7 cm³/mol. The van der Waals surface area contributed by atoms with Crippen molar-refractivity contribution in [2.45, 2.75) is 6.54 Å². The highest BCUT2D eigenvalue weighted by molar-refractivity contribution is 5.93. The minimum Gasteiger partial charge on any atom is -0.495 e. The third-order valence-corrected chi connectivity index (χ3v) is 3.25. The maximum Gasteiger partial charge on any atom is 0.193 e. The number of hydrogen-bond acceptors (Lipinski definition) is 3. The van der Waals surface area contributed by atoms with Crippen molar-refractivity contribution in [3.8, 4) is 5.75 Å². The van der Waals surface area contributed by atoms with Gasteiger partial charge < -0.3 is 20.7 Å². The number of methoxy groups -OCH3 is 1. The van der Waals surface area contributed by atoms with Crippen LogP contribution in [0, 0.1) is 0 Å². The second-order valence-corrected chi connectivity index (χ2v) is 5.09. The number of rotatable bonds is 5. The maximum atomic E-state index is 5.93. The minimum atomic E-state index is 0.362. The van der Waals surface area contributed by atoms with Crippen molar-refractivity contribution in [1.82, 2.24) is 0 Å². The van der Waals surface area contributed by atoms with Gasteiger partial charge in [-0.05, 0) is 29.8 Å². The molecule has 2 aromatic carbocycles. The number of ether oxygens (including phenoxy) is 1. The van der Waals surface area contributed by atoms with Gasteiger partial charge in [0.2, 0.25) is 0 Å². The van der Waals surface area contributed by atoms with E-state index in [2.05, 4.69) is 39.5 Å². The predicted octanol–water partition coefficient (Wildman–Crippen LogP) is 2.69. The highest BCUT2D eigenvalue weighted by atomic mass is 16.5. The Hall–Kier alpha value is -2.69. The van der Waals surface area contributed by atoms with E-state index in [1.807, 2.05) is 38.4 Å². The van der Waals surface area contributed by atoms with Gasteiger partial charge in [-0.2, -0.15) is 0 Å². The van der Waals surface area contributed by atoms with Crippen LogP contribution in [-0.2, 0) is 6.54 Å². The van der Waals surface area contributed by atoms with Crippen LogP contribution in [-0.4, -0.2) is 27.2 Å². The average molecular weight is 298 g/mol. The number of hydrogen-bond donors (Lipinski definition) is 2. The molecule has 0 radical (unpaired) electrons. The molecule has 0 aromatic heterocycles. The second-order valence-electron chi connectivity index (χ2n) is 5.09. The molecule has 22 heavy (non-hydrogen) atoms. The smallest absolute Gasteiger partial charge is 0.193 e. The van der Waals surface area contributed by atoms with E-state index in [0.29, 0.717) is 12.5 Å². The Morgan fingerprint density at radius 1 is 1.14 bits per heavy atom. The normalized spacial score (nSPS) is 11.1. The van der Waals surface area contributed by atoms with E-state index < -0.39 is 0 Å². The van der Waals surface area contributed by atoms with Gasteiger partial charge in [0.25, 0.3) is 0 Å². The third kappa shape index (κ3) is 4.15. The monoisotopic (exact) mass is 298 g/mol. The minimum absolute atomic E-state index is 0.362. The summed E-state index contributed by atoms with van der Waals surface area (Å²) in [7, 11) is 5.66. The molecule has 116 valence electrons. The van der Waals surface area contributed by atoms with Crippen LogP contribution in [0.3, 0.4) is 0 Å². The Bertz CT molecular complexity index is 635. The van der Waals surface area contributed by atoms with Gasteiger partial charge in [0.05, 0.1) is 19.3 Å². The van der Waals surface area contributed by atoms with E-state index in [1.54, 1.807) is 7.11 Å². The molecule has 0 unspecified atom stereocenters. The SMILES string of the molecule is COc1ccccc1NC(N)=NCc1ccc(N(C)C)cc1. The van der Waals surface area contributed by atoms with E-state index in [-0.39, 0.29) is 0 Å². The van der Waals surface area contributed by atoms with Crippen molar-refractivity contribution < 1.29 is 4.74 Å². The van der Waals surface area contributed by atoms with Crippen LogP contribution in [0.4, 0.5) is 11.4 Å². The Morgan fingerprint density at radius 3 is 2.45 bits per heavy atom. The lowest BCUT2D eigenvalue weighted by atomic mass is 10.2. The number of nitrogens with one attached hydrogen (secondary N) is 1. The molecule has 0 aliphatic carbocycles. The van der Waals surface area contributed by atoms with E-state index in [1.165, 1.54) is 0 Å². The lowest BCUT2D eigenvalue weighted by Crippen LogP contribution is -2.22. The maximum absolute atomic E-state index is 5.93. The number of aliphatic imine (C=N–C) groups is 1. The van der Waals surface area contributed by atoms with Crippen LogP contribution in [0.15, 0.2) is 53.5 Å². The summed E-state index contributed by atoms with van der Waals surface area (Å²) in [6.07, 6.45) is 0. The van der Waals surface area contributed by atoms with E-state index in [0.717, 1.165) is 22.7 Å². The lowest BCUT2D eigenvalue weighted by molar-refractivity contribution is 0.417. The van der Waals surface area contributed by atoms with Crippen LogP contribution >= 0.6 is 0 Å². The largest absolute Gasteiger partial charge is 0.495 e. The number of benzene rings is 2. The number of nitrogens with two attached hydrogens (primary N) is 1. The summed E-state index contributed by atoms with van der Waals surface area (Å²) in [5.41, 5.74) is 9.00. The Balaban J connectivity index is 2.00. The molecule has 5 nitrogen and oxygen atoms in total. The first-order valence-corrected chi connectivity index (χ1v) is 7.06. The summed E-state index contributed by atoms with van der Waals surface area (Å²) >= 11 is 0. The molecule has 2 aromatic rings. The van der Waals surface area contributed by atoms with Crippen molar-refractivity contribution in [1.29, 1.82) is 0 Å². The van der Waals surface area contributed by atoms with Gasteiger partial charge in [-0.3, -0.25) is 0 Å². The van der Waals surface area contributed by atoms with Crippen molar-refractivity contribution in [3.05, 3.63) is 54.1 Å². The molecule has 0 fully saturated rings. The fourth-order valence-electron chi connectivity index (χ4n) is 2.00. The van der Waals surface area contributed by atoms with Crippen LogP contribution in [0.25, 0.3) is 0 Å². The Labute approximate surface area is 131 Å². The van der Waals surface area contributed by atoms with Crippen molar-refractivity contribution in [2.24, 2.45) is 10.7 Å². The first-order chi connectivity index (χ1) is 10.6. The topological polar surface area (TPSA) is 62.9 Å². The third-order valence-electron chi connectivity index (χ3n) is 3.25. The average Bonchev–Trinajstić information content (AvgIpc) is 2.54. The summed E-state index contributed by atoms with van der Waals surface area (Å²) in [5.74, 6) is 1.09.